The van der Waals surface area contributed by atoms with E-state index in [1.807, 2.05) is 35.5 Å². The van der Waals surface area contributed by atoms with Crippen molar-refractivity contribution in [3.8, 4) is 0 Å². The average Bonchev–Trinajstić information content (AvgIpc) is 3.03. The van der Waals surface area contributed by atoms with Gasteiger partial charge < -0.3 is 9.29 Å². The summed E-state index contributed by atoms with van der Waals surface area (Å²) < 4.78 is 19.7. The number of carbonyl (C=O) groups excluding carboxylic acids is 1. The van der Waals surface area contributed by atoms with E-state index in [1.165, 1.54) is 5.56 Å². The van der Waals surface area contributed by atoms with Crippen LogP contribution in [0.1, 0.15) is 38.7 Å². The smallest absolute Gasteiger partial charge is 0.335 e. The summed E-state index contributed by atoms with van der Waals surface area (Å²) in [7, 11) is 0. The van der Waals surface area contributed by atoms with Crippen LogP contribution in [0.25, 0.3) is 0 Å². The van der Waals surface area contributed by atoms with Gasteiger partial charge in [0.15, 0.2) is 0 Å². The zero-order valence-electron chi connectivity index (χ0n) is 14.6. The van der Waals surface area contributed by atoms with Gasteiger partial charge in [-0.1, -0.05) is 49.8 Å². The number of rotatable bonds is 9. The van der Waals surface area contributed by atoms with Gasteiger partial charge in [-0.25, -0.2) is 4.79 Å². The first-order valence-corrected chi connectivity index (χ1v) is 10.0. The molecule has 2 rings (SSSR count). The predicted molar refractivity (Wildman–Crippen MR) is 97.9 cm³/mol. The van der Waals surface area contributed by atoms with E-state index >= 15 is 0 Å². The van der Waals surface area contributed by atoms with Crippen LogP contribution in [-0.4, -0.2) is 39.8 Å². The summed E-state index contributed by atoms with van der Waals surface area (Å²) in [5.41, 5.74) is 1.89. The first-order chi connectivity index (χ1) is 11.7. The van der Waals surface area contributed by atoms with Gasteiger partial charge in [0.2, 0.25) is 0 Å². The van der Waals surface area contributed by atoms with Crippen molar-refractivity contribution in [3.05, 3.63) is 47.5 Å². The molecule has 1 unspecified atom stereocenters. The molecule has 24 heavy (non-hydrogen) atoms. The molecule has 0 fully saturated rings. The van der Waals surface area contributed by atoms with Crippen molar-refractivity contribution in [2.45, 2.75) is 45.6 Å². The minimum absolute atomic E-state index is 0.123. The van der Waals surface area contributed by atoms with Crippen molar-refractivity contribution in [2.75, 3.05) is 18.9 Å². The fourth-order valence-electron chi connectivity index (χ4n) is 2.90. The quantitative estimate of drug-likeness (QED) is 0.507. The average molecular weight is 349 g/mol. The summed E-state index contributed by atoms with van der Waals surface area (Å²) in [6.07, 6.45) is 5.46. The van der Waals surface area contributed by atoms with Gasteiger partial charge in [0, 0.05) is 11.4 Å². The molecular weight excluding hydrogens is 322 g/mol. The first kappa shape index (κ1) is 19.0. The van der Waals surface area contributed by atoms with Crippen LogP contribution < -0.4 is 0 Å². The second-order valence-corrected chi connectivity index (χ2v) is 7.42. The van der Waals surface area contributed by atoms with Crippen molar-refractivity contribution < 1.29 is 14.1 Å². The fraction of sp³-hybridized carbons (Fsp3) is 0.526. The Labute approximate surface area is 148 Å². The zero-order chi connectivity index (χ0) is 17.4. The number of carbonyl (C=O) groups is 1. The number of hydrogen-bond acceptors (Lipinski definition) is 4. The Balaban J connectivity index is 2.06. The molecule has 1 aromatic rings. The molecule has 132 valence electrons. The molecule has 5 heteroatoms. The topological polar surface area (TPSA) is 52.6 Å². The summed E-state index contributed by atoms with van der Waals surface area (Å²) in [6.45, 7) is 4.82. The van der Waals surface area contributed by atoms with Gasteiger partial charge in [0.25, 0.3) is 0 Å². The molecule has 2 atom stereocenters. The SMILES string of the molecule is CCCC[S@+]([O-])N1CC=C(C(=O)OCC)C1CCc1ccccc1. The highest BCUT2D eigenvalue weighted by Crippen LogP contribution is 2.27. The van der Waals surface area contributed by atoms with Gasteiger partial charge in [0.1, 0.15) is 5.75 Å². The van der Waals surface area contributed by atoms with Crippen LogP contribution in [0.4, 0.5) is 0 Å². The zero-order valence-corrected chi connectivity index (χ0v) is 15.4. The van der Waals surface area contributed by atoms with Crippen molar-refractivity contribution in [1.29, 1.82) is 0 Å². The lowest BCUT2D eigenvalue weighted by Crippen LogP contribution is -2.40. The number of unbranched alkanes of at least 4 members (excludes halogenated alkanes) is 1. The molecule has 1 heterocycles. The number of nitrogens with zero attached hydrogens (tertiary/aromatic N) is 1. The Kier molecular flexibility index (Phi) is 7.82. The van der Waals surface area contributed by atoms with Crippen LogP contribution in [0, 0.1) is 0 Å². The van der Waals surface area contributed by atoms with Crippen LogP contribution in [0.3, 0.4) is 0 Å². The van der Waals surface area contributed by atoms with Crippen LogP contribution in [0.15, 0.2) is 42.0 Å². The third-order valence-corrected chi connectivity index (χ3v) is 5.76. The van der Waals surface area contributed by atoms with Crippen molar-refractivity contribution in [3.63, 3.8) is 0 Å². The van der Waals surface area contributed by atoms with E-state index < -0.39 is 11.4 Å². The third kappa shape index (κ3) is 5.10. The normalized spacial score (nSPS) is 19.1. The van der Waals surface area contributed by atoms with E-state index in [1.54, 1.807) is 0 Å². The number of benzene rings is 1. The molecule has 0 aliphatic carbocycles. The number of aryl methyl sites for hydroxylation is 1. The van der Waals surface area contributed by atoms with Crippen LogP contribution in [0.2, 0.25) is 0 Å². The molecule has 0 radical (unpaired) electrons. The van der Waals surface area contributed by atoms with Gasteiger partial charge in [-0.05, 0) is 31.7 Å². The number of hydrogen-bond donors (Lipinski definition) is 0. The molecule has 0 saturated carbocycles. The summed E-state index contributed by atoms with van der Waals surface area (Å²) in [5.74, 6) is 0.382. The van der Waals surface area contributed by atoms with E-state index in [0.29, 0.717) is 24.5 Å². The van der Waals surface area contributed by atoms with Gasteiger partial charge in [-0.15, -0.1) is 4.31 Å². The molecule has 0 spiro atoms. The molecule has 0 bridgehead atoms. The van der Waals surface area contributed by atoms with E-state index in [-0.39, 0.29) is 12.0 Å². The molecule has 4 nitrogen and oxygen atoms in total. The van der Waals surface area contributed by atoms with Gasteiger partial charge in [-0.3, -0.25) is 0 Å². The largest absolute Gasteiger partial charge is 0.598 e. The van der Waals surface area contributed by atoms with E-state index in [0.717, 1.165) is 25.7 Å². The monoisotopic (exact) mass is 349 g/mol. The van der Waals surface area contributed by atoms with Crippen molar-refractivity contribution in [1.82, 2.24) is 4.31 Å². The molecule has 1 aromatic carbocycles. The summed E-state index contributed by atoms with van der Waals surface area (Å²) in [4.78, 5) is 12.2. The predicted octanol–water partition coefficient (Wildman–Crippen LogP) is 3.26. The number of esters is 1. The van der Waals surface area contributed by atoms with E-state index in [2.05, 4.69) is 19.1 Å². The van der Waals surface area contributed by atoms with E-state index in [4.69, 9.17) is 4.74 Å². The minimum Gasteiger partial charge on any atom is -0.598 e. The lowest BCUT2D eigenvalue weighted by atomic mass is 10.0. The third-order valence-electron chi connectivity index (χ3n) is 4.19. The Bertz CT molecular complexity index is 547. The molecule has 0 N–H and O–H groups in total. The molecule has 0 aromatic heterocycles. The molecule has 1 aliphatic heterocycles. The molecular formula is C19H27NO3S. The highest BCUT2D eigenvalue weighted by molar-refractivity contribution is 7.89. The molecule has 1 aliphatic rings. The standard InChI is InChI=1S/C19H27NO3S/c1-3-5-15-24(22)20-14-13-17(19(21)23-4-2)18(20)12-11-16-9-7-6-8-10-16/h6-10,13,18H,3-5,11-12,14-15H2,1-2H3/t18?,24-/m0/s1. The molecule has 0 amide bonds. The van der Waals surface area contributed by atoms with E-state index in [9.17, 15) is 9.35 Å². The molecule has 0 saturated heterocycles. The van der Waals surface area contributed by atoms with Gasteiger partial charge in [0.05, 0.1) is 24.8 Å². The highest BCUT2D eigenvalue weighted by Gasteiger charge is 2.38. The Morgan fingerprint density at radius 2 is 2.08 bits per heavy atom. The second kappa shape index (κ2) is 9.87. The van der Waals surface area contributed by atoms with Crippen molar-refractivity contribution >= 4 is 17.3 Å². The van der Waals surface area contributed by atoms with Crippen LogP contribution >= 0.6 is 0 Å². The summed E-state index contributed by atoms with van der Waals surface area (Å²) in [6, 6.07) is 10.1. The first-order valence-electron chi connectivity index (χ1n) is 8.73. The Morgan fingerprint density at radius 1 is 1.33 bits per heavy atom. The second-order valence-electron chi connectivity index (χ2n) is 5.90. The van der Waals surface area contributed by atoms with Crippen LogP contribution in [0.5, 0.6) is 0 Å². The highest BCUT2D eigenvalue weighted by atomic mass is 32.2. The number of ether oxygens (including phenoxy) is 1. The fourth-order valence-corrected chi connectivity index (χ4v) is 4.41. The van der Waals surface area contributed by atoms with Crippen LogP contribution in [-0.2, 0) is 27.3 Å². The lowest BCUT2D eigenvalue weighted by Gasteiger charge is -2.27. The van der Waals surface area contributed by atoms with Gasteiger partial charge in [-0.2, -0.15) is 0 Å². The maximum atomic E-state index is 12.6. The van der Waals surface area contributed by atoms with Crippen molar-refractivity contribution in [2.24, 2.45) is 0 Å². The maximum Gasteiger partial charge on any atom is 0.335 e. The summed E-state index contributed by atoms with van der Waals surface area (Å²) in [5, 5.41) is 0. The minimum atomic E-state index is -1.05. The summed E-state index contributed by atoms with van der Waals surface area (Å²) >= 11 is -1.05. The maximum absolute atomic E-state index is 12.6. The Hall–Kier alpha value is -1.30. The lowest BCUT2D eigenvalue weighted by molar-refractivity contribution is -0.138. The van der Waals surface area contributed by atoms with Gasteiger partial charge >= 0.3 is 5.97 Å². The Morgan fingerprint density at radius 3 is 2.75 bits per heavy atom.